The van der Waals surface area contributed by atoms with E-state index in [4.69, 9.17) is 0 Å². The third-order valence-corrected chi connectivity index (χ3v) is 8.65. The quantitative estimate of drug-likeness (QED) is 0.841. The first-order valence-electron chi connectivity index (χ1n) is 10.6. The Morgan fingerprint density at radius 3 is 2.76 bits per heavy atom. The summed E-state index contributed by atoms with van der Waals surface area (Å²) in [4.78, 5) is 2.89. The highest BCUT2D eigenvalue weighted by Gasteiger charge is 2.57. The third-order valence-electron chi connectivity index (χ3n) is 8.65. The molecule has 2 unspecified atom stereocenters. The molecule has 5 atom stereocenters. The molecule has 3 aliphatic carbocycles. The summed E-state index contributed by atoms with van der Waals surface area (Å²) >= 11 is 0. The van der Waals surface area contributed by atoms with Crippen molar-refractivity contribution in [3.63, 3.8) is 0 Å². The molecular formula is C23H33NO. The Morgan fingerprint density at radius 1 is 1.16 bits per heavy atom. The molecule has 0 spiro atoms. The predicted octanol–water partition coefficient (Wildman–Crippen LogP) is 4.74. The number of fused-ring (bicyclic) bond motifs is 1. The van der Waals surface area contributed by atoms with Gasteiger partial charge in [0, 0.05) is 18.0 Å². The number of hydrogen-bond donors (Lipinski definition) is 1. The zero-order valence-electron chi connectivity index (χ0n) is 15.9. The molecule has 0 radical (unpaired) electrons. The number of phenolic OH excluding ortho intramolecular Hbond substituents is 1. The number of phenols is 1. The lowest BCUT2D eigenvalue weighted by molar-refractivity contribution is -0.0645. The van der Waals surface area contributed by atoms with Gasteiger partial charge in [-0.05, 0) is 92.0 Å². The first-order valence-corrected chi connectivity index (χ1v) is 10.6. The molecule has 0 amide bonds. The molecule has 0 aromatic heterocycles. The van der Waals surface area contributed by atoms with Gasteiger partial charge in [0.2, 0.25) is 0 Å². The molecule has 25 heavy (non-hydrogen) atoms. The number of piperidine rings is 1. The van der Waals surface area contributed by atoms with Gasteiger partial charge in [0.1, 0.15) is 5.75 Å². The Bertz CT molecular complexity index is 666. The van der Waals surface area contributed by atoms with E-state index in [1.54, 1.807) is 0 Å². The highest BCUT2D eigenvalue weighted by molar-refractivity contribution is 5.45. The minimum Gasteiger partial charge on any atom is -0.508 e. The van der Waals surface area contributed by atoms with Crippen LogP contribution < -0.4 is 0 Å². The van der Waals surface area contributed by atoms with E-state index in [1.807, 2.05) is 6.07 Å². The third kappa shape index (κ3) is 2.32. The van der Waals surface area contributed by atoms with Gasteiger partial charge in [-0.1, -0.05) is 26.3 Å². The summed E-state index contributed by atoms with van der Waals surface area (Å²) < 4.78 is 0. The smallest absolute Gasteiger partial charge is 0.115 e. The van der Waals surface area contributed by atoms with Crippen molar-refractivity contribution in [3.8, 4) is 5.75 Å². The molecule has 1 heterocycles. The van der Waals surface area contributed by atoms with Crippen molar-refractivity contribution in [2.75, 3.05) is 13.1 Å². The lowest BCUT2D eigenvalue weighted by atomic mass is 9.48. The molecular weight excluding hydrogens is 306 g/mol. The molecule has 1 aromatic rings. The number of hydrogen-bond acceptors (Lipinski definition) is 2. The molecule has 3 fully saturated rings. The minimum absolute atomic E-state index is 0.332. The molecule has 4 aliphatic rings. The van der Waals surface area contributed by atoms with Crippen LogP contribution in [-0.2, 0) is 11.8 Å². The van der Waals surface area contributed by atoms with Crippen molar-refractivity contribution < 1.29 is 5.11 Å². The summed E-state index contributed by atoms with van der Waals surface area (Å²) in [6.07, 6.45) is 9.53. The standard InChI is InChI=1S/C23H33NO/c1-15-8-9-23-10-11-24(14-17-4-3-5-17)21(22(23)16(15)2)12-18-6-7-19(25)13-20(18)23/h6-7,13,15-17,21-22,25H,3-5,8-12,14H2,1-2H3/t15?,16-,21+,22?,23-/m0/s1. The van der Waals surface area contributed by atoms with E-state index in [0.717, 1.165) is 29.7 Å². The molecule has 1 saturated heterocycles. The molecule has 1 aliphatic heterocycles. The summed E-state index contributed by atoms with van der Waals surface area (Å²) in [6.45, 7) is 7.61. The van der Waals surface area contributed by atoms with E-state index in [-0.39, 0.29) is 0 Å². The van der Waals surface area contributed by atoms with Crippen LogP contribution in [0.4, 0.5) is 0 Å². The van der Waals surface area contributed by atoms with Gasteiger partial charge in [0.25, 0.3) is 0 Å². The van der Waals surface area contributed by atoms with E-state index in [2.05, 4.69) is 30.9 Å². The number of rotatable bonds is 2. The Kier molecular flexibility index (Phi) is 3.71. The second kappa shape index (κ2) is 5.74. The van der Waals surface area contributed by atoms with Crippen molar-refractivity contribution in [2.24, 2.45) is 23.7 Å². The first kappa shape index (κ1) is 16.2. The van der Waals surface area contributed by atoms with Gasteiger partial charge in [-0.15, -0.1) is 0 Å². The molecule has 2 heteroatoms. The fourth-order valence-electron chi connectivity index (χ4n) is 6.89. The van der Waals surface area contributed by atoms with E-state index in [1.165, 1.54) is 69.2 Å². The van der Waals surface area contributed by atoms with Gasteiger partial charge in [0.05, 0.1) is 0 Å². The monoisotopic (exact) mass is 339 g/mol. The van der Waals surface area contributed by atoms with Crippen LogP contribution in [0.1, 0.15) is 63.5 Å². The summed E-state index contributed by atoms with van der Waals surface area (Å²) in [5, 5.41) is 10.2. The highest BCUT2D eigenvalue weighted by Crippen LogP contribution is 2.59. The van der Waals surface area contributed by atoms with Crippen molar-refractivity contribution in [1.82, 2.24) is 4.90 Å². The zero-order chi connectivity index (χ0) is 17.2. The van der Waals surface area contributed by atoms with E-state index < -0.39 is 0 Å². The highest BCUT2D eigenvalue weighted by atomic mass is 16.3. The number of benzene rings is 1. The number of likely N-dealkylation sites (tertiary alicyclic amines) is 1. The Morgan fingerprint density at radius 2 is 2.00 bits per heavy atom. The van der Waals surface area contributed by atoms with Gasteiger partial charge in [-0.3, -0.25) is 4.90 Å². The van der Waals surface area contributed by atoms with Crippen LogP contribution in [0.25, 0.3) is 0 Å². The second-order valence-electron chi connectivity index (χ2n) is 9.71. The lowest BCUT2D eigenvalue weighted by Gasteiger charge is -2.62. The minimum atomic E-state index is 0.332. The normalized spacial score (nSPS) is 40.9. The topological polar surface area (TPSA) is 23.5 Å². The Balaban J connectivity index is 1.57. The van der Waals surface area contributed by atoms with Gasteiger partial charge in [-0.25, -0.2) is 0 Å². The van der Waals surface area contributed by atoms with Crippen LogP contribution in [0.3, 0.4) is 0 Å². The van der Waals surface area contributed by atoms with Gasteiger partial charge >= 0.3 is 0 Å². The van der Waals surface area contributed by atoms with Gasteiger partial charge < -0.3 is 5.11 Å². The average molecular weight is 340 g/mol. The fraction of sp³-hybridized carbons (Fsp3) is 0.739. The molecule has 1 N–H and O–H groups in total. The van der Waals surface area contributed by atoms with Crippen LogP contribution in [0.15, 0.2) is 18.2 Å². The molecule has 2 bridgehead atoms. The van der Waals surface area contributed by atoms with Crippen molar-refractivity contribution in [3.05, 3.63) is 29.3 Å². The predicted molar refractivity (Wildman–Crippen MR) is 102 cm³/mol. The maximum absolute atomic E-state index is 10.2. The molecule has 136 valence electrons. The number of nitrogens with zero attached hydrogens (tertiary/aromatic N) is 1. The van der Waals surface area contributed by atoms with E-state index in [0.29, 0.717) is 11.2 Å². The van der Waals surface area contributed by atoms with Crippen LogP contribution in [0.5, 0.6) is 5.75 Å². The van der Waals surface area contributed by atoms with E-state index in [9.17, 15) is 5.11 Å². The van der Waals surface area contributed by atoms with Crippen LogP contribution in [0, 0.1) is 23.7 Å². The molecule has 2 saturated carbocycles. The maximum Gasteiger partial charge on any atom is 0.115 e. The zero-order valence-corrected chi connectivity index (χ0v) is 15.9. The second-order valence-corrected chi connectivity index (χ2v) is 9.71. The van der Waals surface area contributed by atoms with Crippen LogP contribution >= 0.6 is 0 Å². The molecule has 1 aromatic carbocycles. The first-order chi connectivity index (χ1) is 12.1. The van der Waals surface area contributed by atoms with Crippen molar-refractivity contribution in [1.29, 1.82) is 0 Å². The van der Waals surface area contributed by atoms with Crippen molar-refractivity contribution in [2.45, 2.75) is 70.3 Å². The van der Waals surface area contributed by atoms with Gasteiger partial charge in [-0.2, -0.15) is 0 Å². The fourth-order valence-corrected chi connectivity index (χ4v) is 6.89. The summed E-state index contributed by atoms with van der Waals surface area (Å²) in [7, 11) is 0. The Hall–Kier alpha value is -1.02. The maximum atomic E-state index is 10.2. The largest absolute Gasteiger partial charge is 0.508 e. The van der Waals surface area contributed by atoms with Crippen LogP contribution in [0.2, 0.25) is 0 Å². The summed E-state index contributed by atoms with van der Waals surface area (Å²) in [6, 6.07) is 6.99. The van der Waals surface area contributed by atoms with E-state index >= 15 is 0 Å². The SMILES string of the molecule is CC1CC[C@]23CCN(CC4CCC4)[C@H](Cc4ccc(O)cc42)C3[C@H]1C. The molecule has 2 nitrogen and oxygen atoms in total. The lowest BCUT2D eigenvalue weighted by Crippen LogP contribution is -2.64. The van der Waals surface area contributed by atoms with Crippen LogP contribution in [-0.4, -0.2) is 29.1 Å². The van der Waals surface area contributed by atoms with Crippen molar-refractivity contribution >= 4 is 0 Å². The molecule has 5 rings (SSSR count). The van der Waals surface area contributed by atoms with Gasteiger partial charge in [0.15, 0.2) is 0 Å². The summed E-state index contributed by atoms with van der Waals surface area (Å²) in [5.41, 5.74) is 3.37. The summed E-state index contributed by atoms with van der Waals surface area (Å²) in [5.74, 6) is 3.83. The number of aromatic hydroxyl groups is 1. The average Bonchev–Trinajstić information content (AvgIpc) is 2.56. The Labute approximate surface area is 152 Å².